The fraction of sp³-hybridized carbons (Fsp3) is 0.217. The summed E-state index contributed by atoms with van der Waals surface area (Å²) in [5.74, 6) is -1.21. The lowest BCUT2D eigenvalue weighted by Gasteiger charge is -2.09. The molecule has 0 aliphatic carbocycles. The van der Waals surface area contributed by atoms with Gasteiger partial charge in [-0.25, -0.2) is 4.68 Å². The van der Waals surface area contributed by atoms with Crippen molar-refractivity contribution in [2.24, 2.45) is 0 Å². The van der Waals surface area contributed by atoms with E-state index in [0.717, 1.165) is 16.7 Å². The smallest absolute Gasteiger partial charge is 0.310 e. The Morgan fingerprint density at radius 1 is 0.967 bits per heavy atom. The van der Waals surface area contributed by atoms with E-state index < -0.39 is 5.97 Å². The van der Waals surface area contributed by atoms with E-state index in [1.165, 1.54) is 10.7 Å². The molecule has 3 rings (SSSR count). The van der Waals surface area contributed by atoms with E-state index in [9.17, 15) is 14.4 Å². The van der Waals surface area contributed by atoms with E-state index in [4.69, 9.17) is 9.84 Å². The standard InChI is InChI=1S/C23H22N2O5/c1-2-30-23(29)14-16-5-3-7-18(11-16)15-25-21(26)10-9-20(24-25)19-8-4-6-17(12-19)13-22(27)28/h3-12H,2,13-15H2,1H3,(H,27,28). The number of carbonyl (C=O) groups excluding carboxylic acids is 1. The van der Waals surface area contributed by atoms with Crippen LogP contribution in [0.15, 0.2) is 65.5 Å². The van der Waals surface area contributed by atoms with Gasteiger partial charge >= 0.3 is 11.9 Å². The third kappa shape index (κ3) is 5.64. The molecule has 7 heteroatoms. The van der Waals surface area contributed by atoms with Crippen LogP contribution >= 0.6 is 0 Å². The first-order valence-electron chi connectivity index (χ1n) is 9.57. The number of esters is 1. The van der Waals surface area contributed by atoms with Crippen LogP contribution in [0.3, 0.4) is 0 Å². The summed E-state index contributed by atoms with van der Waals surface area (Å²) in [7, 11) is 0. The van der Waals surface area contributed by atoms with E-state index in [2.05, 4.69) is 5.10 Å². The highest BCUT2D eigenvalue weighted by Crippen LogP contribution is 2.18. The Morgan fingerprint density at radius 3 is 2.40 bits per heavy atom. The zero-order valence-electron chi connectivity index (χ0n) is 16.6. The van der Waals surface area contributed by atoms with Crippen LogP contribution in [-0.4, -0.2) is 33.4 Å². The maximum absolute atomic E-state index is 12.3. The molecule has 0 fully saturated rings. The Kier molecular flexibility index (Phi) is 6.75. The molecule has 0 atom stereocenters. The first-order valence-corrected chi connectivity index (χ1v) is 9.57. The number of carbonyl (C=O) groups is 2. The van der Waals surface area contributed by atoms with Crippen LogP contribution in [0.25, 0.3) is 11.3 Å². The number of aromatic nitrogens is 2. The molecular weight excluding hydrogens is 384 g/mol. The minimum atomic E-state index is -0.909. The summed E-state index contributed by atoms with van der Waals surface area (Å²) in [5, 5.41) is 13.4. The predicted molar refractivity (Wildman–Crippen MR) is 111 cm³/mol. The Hall–Kier alpha value is -3.74. The van der Waals surface area contributed by atoms with Gasteiger partial charge in [0.25, 0.3) is 5.56 Å². The predicted octanol–water partition coefficient (Wildman–Crippen LogP) is 2.69. The van der Waals surface area contributed by atoms with Crippen LogP contribution in [0.5, 0.6) is 0 Å². The summed E-state index contributed by atoms with van der Waals surface area (Å²) in [6, 6.07) is 17.5. The van der Waals surface area contributed by atoms with Crippen molar-refractivity contribution < 1.29 is 19.4 Å². The van der Waals surface area contributed by atoms with Gasteiger partial charge in [-0.1, -0.05) is 42.5 Å². The first kappa shape index (κ1) is 21.0. The van der Waals surface area contributed by atoms with Crippen LogP contribution in [-0.2, 0) is 33.7 Å². The molecule has 0 aliphatic rings. The van der Waals surface area contributed by atoms with Crippen LogP contribution in [0.1, 0.15) is 23.6 Å². The molecule has 0 bridgehead atoms. The van der Waals surface area contributed by atoms with Crippen LogP contribution < -0.4 is 5.56 Å². The van der Waals surface area contributed by atoms with Crippen molar-refractivity contribution in [2.45, 2.75) is 26.3 Å². The molecule has 3 aromatic rings. The summed E-state index contributed by atoms with van der Waals surface area (Å²) < 4.78 is 6.33. The fourth-order valence-electron chi connectivity index (χ4n) is 3.12. The van der Waals surface area contributed by atoms with Gasteiger partial charge in [-0.2, -0.15) is 5.10 Å². The largest absolute Gasteiger partial charge is 0.481 e. The monoisotopic (exact) mass is 406 g/mol. The van der Waals surface area contributed by atoms with Gasteiger partial charge in [0.05, 0.1) is 31.7 Å². The minimum absolute atomic E-state index is 0.0826. The first-order chi connectivity index (χ1) is 14.4. The Morgan fingerprint density at radius 2 is 1.67 bits per heavy atom. The highest BCUT2D eigenvalue weighted by molar-refractivity contribution is 5.72. The number of ether oxygens (including phenoxy) is 1. The summed E-state index contributed by atoms with van der Waals surface area (Å²) in [6.45, 7) is 2.34. The minimum Gasteiger partial charge on any atom is -0.481 e. The van der Waals surface area contributed by atoms with Crippen molar-refractivity contribution in [1.82, 2.24) is 9.78 Å². The van der Waals surface area contributed by atoms with Crippen molar-refractivity contribution >= 4 is 11.9 Å². The summed E-state index contributed by atoms with van der Waals surface area (Å²) in [6.07, 6.45) is 0.0845. The second-order valence-electron chi connectivity index (χ2n) is 6.79. The molecule has 0 aliphatic heterocycles. The Balaban J connectivity index is 1.84. The van der Waals surface area contributed by atoms with Gasteiger partial charge in [-0.05, 0) is 35.7 Å². The maximum Gasteiger partial charge on any atom is 0.310 e. The van der Waals surface area contributed by atoms with Gasteiger partial charge in [0.1, 0.15) is 0 Å². The average molecular weight is 406 g/mol. The molecule has 30 heavy (non-hydrogen) atoms. The second-order valence-corrected chi connectivity index (χ2v) is 6.79. The lowest BCUT2D eigenvalue weighted by atomic mass is 10.1. The van der Waals surface area contributed by atoms with Gasteiger partial charge < -0.3 is 9.84 Å². The number of aliphatic carboxylic acids is 1. The van der Waals surface area contributed by atoms with Gasteiger partial charge in [-0.15, -0.1) is 0 Å². The summed E-state index contributed by atoms with van der Waals surface area (Å²) >= 11 is 0. The lowest BCUT2D eigenvalue weighted by Crippen LogP contribution is -2.23. The average Bonchev–Trinajstić information content (AvgIpc) is 2.70. The zero-order valence-corrected chi connectivity index (χ0v) is 16.6. The van der Waals surface area contributed by atoms with E-state index in [0.29, 0.717) is 17.9 Å². The molecule has 0 radical (unpaired) electrons. The molecule has 154 valence electrons. The molecule has 2 aromatic carbocycles. The van der Waals surface area contributed by atoms with Crippen LogP contribution in [0.4, 0.5) is 0 Å². The topological polar surface area (TPSA) is 98.5 Å². The zero-order chi connectivity index (χ0) is 21.5. The van der Waals surface area contributed by atoms with Crippen LogP contribution in [0, 0.1) is 0 Å². The molecule has 7 nitrogen and oxygen atoms in total. The SMILES string of the molecule is CCOC(=O)Cc1cccc(Cn2nc(-c3cccc(CC(=O)O)c3)ccc2=O)c1. The third-order valence-corrected chi connectivity index (χ3v) is 4.42. The number of carboxylic acid groups (broad SMARTS) is 1. The van der Waals surface area contributed by atoms with Crippen molar-refractivity contribution in [1.29, 1.82) is 0 Å². The van der Waals surface area contributed by atoms with E-state index in [1.54, 1.807) is 31.2 Å². The lowest BCUT2D eigenvalue weighted by molar-refractivity contribution is -0.142. The van der Waals surface area contributed by atoms with Crippen molar-refractivity contribution in [3.05, 3.63) is 87.7 Å². The molecule has 1 N–H and O–H groups in total. The normalized spacial score (nSPS) is 10.6. The molecule has 1 heterocycles. The molecule has 0 saturated heterocycles. The number of nitrogens with zero attached hydrogens (tertiary/aromatic N) is 2. The van der Waals surface area contributed by atoms with Gasteiger partial charge in [-0.3, -0.25) is 14.4 Å². The van der Waals surface area contributed by atoms with Gasteiger partial charge in [0.2, 0.25) is 0 Å². The summed E-state index contributed by atoms with van der Waals surface area (Å²) in [4.78, 5) is 35.0. The number of hydrogen-bond donors (Lipinski definition) is 1. The van der Waals surface area contributed by atoms with Gasteiger partial charge in [0, 0.05) is 11.6 Å². The maximum atomic E-state index is 12.3. The number of rotatable bonds is 8. The highest BCUT2D eigenvalue weighted by atomic mass is 16.5. The highest BCUT2D eigenvalue weighted by Gasteiger charge is 2.09. The molecule has 0 spiro atoms. The Labute approximate surface area is 173 Å². The van der Waals surface area contributed by atoms with Crippen molar-refractivity contribution in [3.63, 3.8) is 0 Å². The number of benzene rings is 2. The van der Waals surface area contributed by atoms with Crippen molar-refractivity contribution in [2.75, 3.05) is 6.61 Å². The third-order valence-electron chi connectivity index (χ3n) is 4.42. The summed E-state index contributed by atoms with van der Waals surface area (Å²) in [5.41, 5.74) is 3.35. The van der Waals surface area contributed by atoms with E-state index in [-0.39, 0.29) is 30.9 Å². The fourth-order valence-corrected chi connectivity index (χ4v) is 3.12. The van der Waals surface area contributed by atoms with Crippen molar-refractivity contribution in [3.8, 4) is 11.3 Å². The Bertz CT molecular complexity index is 1120. The number of carboxylic acids is 1. The van der Waals surface area contributed by atoms with E-state index in [1.807, 2.05) is 30.3 Å². The second kappa shape index (κ2) is 9.65. The molecule has 0 amide bonds. The molecule has 0 unspecified atom stereocenters. The quantitative estimate of drug-likeness (QED) is 0.578. The van der Waals surface area contributed by atoms with Gasteiger partial charge in [0.15, 0.2) is 0 Å². The number of hydrogen-bond acceptors (Lipinski definition) is 5. The molecule has 0 saturated carbocycles. The van der Waals surface area contributed by atoms with Crippen LogP contribution in [0.2, 0.25) is 0 Å². The molecule has 1 aromatic heterocycles. The van der Waals surface area contributed by atoms with E-state index >= 15 is 0 Å². The molecular formula is C23H22N2O5.